The largest absolute Gasteiger partial charge is 0.372 e. The molecule has 1 atom stereocenters. The highest BCUT2D eigenvalue weighted by Crippen LogP contribution is 2.25. The predicted octanol–water partition coefficient (Wildman–Crippen LogP) is 4.28. The summed E-state index contributed by atoms with van der Waals surface area (Å²) in [4.78, 5) is -1.95. The minimum Gasteiger partial charge on any atom is -0.372 e. The summed E-state index contributed by atoms with van der Waals surface area (Å²) in [6.45, 7) is 3.79. The van der Waals surface area contributed by atoms with Crippen LogP contribution < -0.4 is 0 Å². The molecule has 0 aromatic rings. The lowest BCUT2D eigenvalue weighted by molar-refractivity contribution is 0.0965. The zero-order chi connectivity index (χ0) is 15.5. The first kappa shape index (κ1) is 19.9. The van der Waals surface area contributed by atoms with E-state index in [-0.39, 0.29) is 12.8 Å². The Bertz CT molecular complexity index is 327. The lowest BCUT2D eigenvalue weighted by atomic mass is 10.0. The van der Waals surface area contributed by atoms with Crippen molar-refractivity contribution in [3.8, 4) is 0 Å². The van der Waals surface area contributed by atoms with E-state index < -0.39 is 15.1 Å². The van der Waals surface area contributed by atoms with E-state index in [0.717, 1.165) is 12.8 Å². The smallest absolute Gasteiger partial charge is 0.294 e. The Morgan fingerprint density at radius 2 is 1.20 bits per heavy atom. The quantitative estimate of drug-likeness (QED) is 0.393. The zero-order valence-electron chi connectivity index (χ0n) is 13.1. The first-order chi connectivity index (χ1) is 9.37. The Morgan fingerprint density at radius 1 is 0.800 bits per heavy atom. The summed E-state index contributed by atoms with van der Waals surface area (Å²) >= 11 is 0. The van der Waals surface area contributed by atoms with Gasteiger partial charge < -0.3 is 5.11 Å². The maximum absolute atomic E-state index is 11.1. The fourth-order valence-corrected chi connectivity index (χ4v) is 3.14. The molecule has 0 bridgehead atoms. The summed E-state index contributed by atoms with van der Waals surface area (Å²) in [5.74, 6) is 0. The average molecular weight is 308 g/mol. The molecule has 1 unspecified atom stereocenters. The Balaban J connectivity index is 3.57. The van der Waals surface area contributed by atoms with E-state index >= 15 is 0 Å². The third-order valence-corrected chi connectivity index (χ3v) is 5.41. The summed E-state index contributed by atoms with van der Waals surface area (Å²) in [7, 11) is -4.37. The molecule has 0 aliphatic heterocycles. The maximum Gasteiger partial charge on any atom is 0.294 e. The van der Waals surface area contributed by atoms with Crippen LogP contribution in [0.2, 0.25) is 0 Å². The summed E-state index contributed by atoms with van der Waals surface area (Å²) in [6, 6.07) is 0. The summed E-state index contributed by atoms with van der Waals surface area (Å²) in [6.07, 6.45) is 11.7. The van der Waals surface area contributed by atoms with Gasteiger partial charge in [-0.15, -0.1) is 0 Å². The van der Waals surface area contributed by atoms with Gasteiger partial charge in [-0.3, -0.25) is 4.55 Å². The molecule has 0 aliphatic rings. The van der Waals surface area contributed by atoms with Gasteiger partial charge in [-0.2, -0.15) is 8.42 Å². The second-order valence-electron chi connectivity index (χ2n) is 5.71. The molecule has 0 rings (SSSR count). The second-order valence-corrected chi connectivity index (χ2v) is 7.42. The molecular formula is C15H32O4S. The van der Waals surface area contributed by atoms with E-state index in [1.807, 2.05) is 0 Å². The van der Waals surface area contributed by atoms with E-state index in [9.17, 15) is 13.5 Å². The van der Waals surface area contributed by atoms with Crippen LogP contribution in [0.3, 0.4) is 0 Å². The highest BCUT2D eigenvalue weighted by atomic mass is 32.2. The van der Waals surface area contributed by atoms with Crippen LogP contribution in [0.5, 0.6) is 0 Å². The minimum absolute atomic E-state index is 0.0310. The van der Waals surface area contributed by atoms with Crippen molar-refractivity contribution >= 4 is 10.1 Å². The van der Waals surface area contributed by atoms with Crippen LogP contribution in [-0.4, -0.2) is 23.0 Å². The number of hydrogen-bond acceptors (Lipinski definition) is 3. The van der Waals surface area contributed by atoms with E-state index in [1.54, 1.807) is 6.92 Å². The van der Waals surface area contributed by atoms with E-state index in [0.29, 0.717) is 6.42 Å². The SMILES string of the molecule is CCCCCCCCCCCCC(O)(CC)S(=O)(=O)O. The van der Waals surface area contributed by atoms with Gasteiger partial charge in [0.25, 0.3) is 10.1 Å². The molecule has 0 aliphatic carbocycles. The molecule has 0 fully saturated rings. The molecule has 0 spiro atoms. The second kappa shape index (κ2) is 10.6. The molecule has 0 aromatic carbocycles. The third kappa shape index (κ3) is 8.22. The van der Waals surface area contributed by atoms with E-state index in [4.69, 9.17) is 4.55 Å². The molecule has 20 heavy (non-hydrogen) atoms. The van der Waals surface area contributed by atoms with Crippen LogP contribution in [-0.2, 0) is 10.1 Å². The average Bonchev–Trinajstić information content (AvgIpc) is 2.39. The first-order valence-electron chi connectivity index (χ1n) is 8.06. The van der Waals surface area contributed by atoms with Crippen molar-refractivity contribution in [2.45, 2.75) is 95.8 Å². The van der Waals surface area contributed by atoms with E-state index in [2.05, 4.69) is 6.92 Å². The number of rotatable bonds is 13. The molecule has 5 heteroatoms. The van der Waals surface area contributed by atoms with Crippen LogP contribution in [0.15, 0.2) is 0 Å². The van der Waals surface area contributed by atoms with Crippen LogP contribution in [0, 0.1) is 0 Å². The molecule has 0 amide bonds. The summed E-state index contributed by atoms with van der Waals surface area (Å²) < 4.78 is 31.2. The minimum atomic E-state index is -4.37. The molecule has 0 heterocycles. The highest BCUT2D eigenvalue weighted by molar-refractivity contribution is 7.87. The van der Waals surface area contributed by atoms with Gasteiger partial charge >= 0.3 is 0 Å². The van der Waals surface area contributed by atoms with Crippen LogP contribution in [0.25, 0.3) is 0 Å². The summed E-state index contributed by atoms with van der Waals surface area (Å²) in [5.41, 5.74) is 0. The van der Waals surface area contributed by atoms with Crippen molar-refractivity contribution in [2.24, 2.45) is 0 Å². The molecule has 4 nitrogen and oxygen atoms in total. The topological polar surface area (TPSA) is 74.6 Å². The first-order valence-corrected chi connectivity index (χ1v) is 9.51. The van der Waals surface area contributed by atoms with Crippen molar-refractivity contribution in [1.82, 2.24) is 0 Å². The Hall–Kier alpha value is -0.130. The highest BCUT2D eigenvalue weighted by Gasteiger charge is 2.37. The molecule has 0 saturated heterocycles. The molecule has 0 radical (unpaired) electrons. The summed E-state index contributed by atoms with van der Waals surface area (Å²) in [5, 5.41) is 9.84. The van der Waals surface area contributed by atoms with Gasteiger partial charge in [0.15, 0.2) is 4.93 Å². The Kier molecular flexibility index (Phi) is 10.5. The maximum atomic E-state index is 11.1. The van der Waals surface area contributed by atoms with Gasteiger partial charge in [0.05, 0.1) is 0 Å². The third-order valence-electron chi connectivity index (χ3n) is 3.95. The van der Waals surface area contributed by atoms with Crippen molar-refractivity contribution in [2.75, 3.05) is 0 Å². The van der Waals surface area contributed by atoms with Crippen molar-refractivity contribution in [3.63, 3.8) is 0 Å². The fraction of sp³-hybridized carbons (Fsp3) is 1.00. The van der Waals surface area contributed by atoms with Crippen molar-refractivity contribution < 1.29 is 18.1 Å². The monoisotopic (exact) mass is 308 g/mol. The molecule has 0 aromatic heterocycles. The van der Waals surface area contributed by atoms with Gasteiger partial charge in [0, 0.05) is 0 Å². The van der Waals surface area contributed by atoms with Gasteiger partial charge in [-0.05, 0) is 19.3 Å². The Labute approximate surface area is 124 Å². The van der Waals surface area contributed by atoms with Crippen LogP contribution in [0.1, 0.15) is 90.9 Å². The van der Waals surface area contributed by atoms with Gasteiger partial charge in [0.2, 0.25) is 0 Å². The number of hydrogen-bond donors (Lipinski definition) is 2. The normalized spacial score (nSPS) is 15.2. The van der Waals surface area contributed by atoms with Crippen LogP contribution in [0.4, 0.5) is 0 Å². The van der Waals surface area contributed by atoms with Crippen LogP contribution >= 0.6 is 0 Å². The molecule has 0 saturated carbocycles. The zero-order valence-corrected chi connectivity index (χ0v) is 13.9. The van der Waals surface area contributed by atoms with Crippen molar-refractivity contribution in [3.05, 3.63) is 0 Å². The van der Waals surface area contributed by atoms with Gasteiger partial charge in [-0.25, -0.2) is 0 Å². The lowest BCUT2D eigenvalue weighted by Gasteiger charge is -2.22. The standard InChI is InChI=1S/C15H32O4S/c1-3-5-6-7-8-9-10-11-12-13-14-15(16,4-2)20(17,18)19/h16H,3-14H2,1-2H3,(H,17,18,19). The fourth-order valence-electron chi connectivity index (χ4n) is 2.38. The molecular weight excluding hydrogens is 276 g/mol. The molecule has 2 N–H and O–H groups in total. The van der Waals surface area contributed by atoms with Crippen molar-refractivity contribution in [1.29, 1.82) is 0 Å². The number of aliphatic hydroxyl groups is 1. The van der Waals surface area contributed by atoms with Gasteiger partial charge in [0.1, 0.15) is 0 Å². The predicted molar refractivity (Wildman–Crippen MR) is 83.3 cm³/mol. The van der Waals surface area contributed by atoms with E-state index in [1.165, 1.54) is 44.9 Å². The Morgan fingerprint density at radius 3 is 1.55 bits per heavy atom. The lowest BCUT2D eigenvalue weighted by Crippen LogP contribution is -2.37. The van der Waals surface area contributed by atoms with Gasteiger partial charge in [-0.1, -0.05) is 71.6 Å². The molecule has 122 valence electrons. The number of unbranched alkanes of at least 4 members (excludes halogenated alkanes) is 9.